The molecule has 0 radical (unpaired) electrons. The van der Waals surface area contributed by atoms with Gasteiger partial charge in [-0.15, -0.1) is 0 Å². The van der Waals surface area contributed by atoms with Crippen LogP contribution in [0.2, 0.25) is 0 Å². The Morgan fingerprint density at radius 1 is 1.29 bits per heavy atom. The highest BCUT2D eigenvalue weighted by Gasteiger charge is 2.34. The number of aromatic amines is 1. The molecule has 3 rings (SSSR count). The van der Waals surface area contributed by atoms with Crippen molar-refractivity contribution in [3.8, 4) is 0 Å². The quantitative estimate of drug-likeness (QED) is 0.415. The van der Waals surface area contributed by atoms with Crippen LogP contribution in [0.15, 0.2) is 29.3 Å². The maximum atomic E-state index is 4.62. The van der Waals surface area contributed by atoms with Crippen molar-refractivity contribution in [1.82, 2.24) is 20.6 Å². The highest BCUT2D eigenvalue weighted by molar-refractivity contribution is 5.79. The van der Waals surface area contributed by atoms with E-state index in [0.29, 0.717) is 5.41 Å². The molecule has 3 N–H and O–H groups in total. The number of fused-ring (bicyclic) bond motifs is 1. The average Bonchev–Trinajstić information content (AvgIpc) is 2.98. The van der Waals surface area contributed by atoms with Gasteiger partial charge in [0, 0.05) is 26.6 Å². The Morgan fingerprint density at radius 3 is 2.79 bits per heavy atom. The van der Waals surface area contributed by atoms with E-state index in [0.717, 1.165) is 48.7 Å². The van der Waals surface area contributed by atoms with Gasteiger partial charge in [-0.05, 0) is 43.2 Å². The molecule has 1 aliphatic carbocycles. The molecule has 1 saturated carbocycles. The molecule has 1 heterocycles. The molecule has 0 amide bonds. The summed E-state index contributed by atoms with van der Waals surface area (Å²) in [5.74, 6) is 1.97. The summed E-state index contributed by atoms with van der Waals surface area (Å²) in [5, 5.41) is 6.91. The van der Waals surface area contributed by atoms with Crippen LogP contribution in [-0.2, 0) is 6.42 Å². The third-order valence-corrected chi connectivity index (χ3v) is 5.34. The molecule has 0 aliphatic heterocycles. The van der Waals surface area contributed by atoms with E-state index >= 15 is 0 Å². The van der Waals surface area contributed by atoms with E-state index in [4.69, 9.17) is 0 Å². The minimum absolute atomic E-state index is 0.506. The zero-order valence-electron chi connectivity index (χ0n) is 14.9. The number of aromatic nitrogens is 2. The summed E-state index contributed by atoms with van der Waals surface area (Å²) in [6.45, 7) is 4.23. The van der Waals surface area contributed by atoms with Gasteiger partial charge >= 0.3 is 0 Å². The van der Waals surface area contributed by atoms with E-state index in [2.05, 4.69) is 38.6 Å². The molecular weight excluding hydrogens is 298 g/mol. The van der Waals surface area contributed by atoms with Crippen molar-refractivity contribution in [3.05, 3.63) is 30.1 Å². The summed E-state index contributed by atoms with van der Waals surface area (Å²) in [6, 6.07) is 8.17. The molecule has 0 unspecified atom stereocenters. The molecule has 1 aromatic heterocycles. The smallest absolute Gasteiger partial charge is 0.190 e. The second-order valence-electron chi connectivity index (χ2n) is 6.86. The number of guanidine groups is 1. The molecule has 1 fully saturated rings. The lowest BCUT2D eigenvalue weighted by atomic mass is 9.67. The van der Waals surface area contributed by atoms with Gasteiger partial charge in [0.1, 0.15) is 5.82 Å². The minimum Gasteiger partial charge on any atom is -0.356 e. The number of rotatable bonds is 7. The third-order valence-electron chi connectivity index (χ3n) is 5.34. The fourth-order valence-corrected chi connectivity index (χ4v) is 3.41. The van der Waals surface area contributed by atoms with Crippen LogP contribution in [0.3, 0.4) is 0 Å². The van der Waals surface area contributed by atoms with Gasteiger partial charge in [0.25, 0.3) is 0 Å². The minimum atomic E-state index is 0.506. The van der Waals surface area contributed by atoms with Crippen molar-refractivity contribution in [2.45, 2.75) is 45.4 Å². The lowest BCUT2D eigenvalue weighted by Gasteiger charge is -2.41. The molecule has 5 nitrogen and oxygen atoms in total. The zero-order chi connectivity index (χ0) is 16.8. The molecule has 0 atom stereocenters. The normalized spacial score (nSPS) is 16.8. The number of nitrogens with zero attached hydrogens (tertiary/aromatic N) is 2. The van der Waals surface area contributed by atoms with Gasteiger partial charge in [0.05, 0.1) is 11.0 Å². The summed E-state index contributed by atoms with van der Waals surface area (Å²) in [6.07, 6.45) is 7.29. The monoisotopic (exact) mass is 327 g/mol. The van der Waals surface area contributed by atoms with Gasteiger partial charge in [-0.1, -0.05) is 25.5 Å². The standard InChI is InChI=1S/C19H29N5/c1-3-19(11-7-12-19)14-22-18(20-2)21-13-6-10-17-23-15-8-4-5-9-16(15)24-17/h4-5,8-9H,3,6-7,10-14H2,1-2H3,(H,23,24)(H2,20,21,22). The molecule has 0 saturated heterocycles. The number of para-hydroxylation sites is 2. The fourth-order valence-electron chi connectivity index (χ4n) is 3.41. The number of hydrogen-bond acceptors (Lipinski definition) is 2. The predicted molar refractivity (Wildman–Crippen MR) is 100 cm³/mol. The molecule has 5 heteroatoms. The van der Waals surface area contributed by atoms with E-state index in [9.17, 15) is 0 Å². The number of hydrogen-bond donors (Lipinski definition) is 3. The van der Waals surface area contributed by atoms with Crippen molar-refractivity contribution < 1.29 is 0 Å². The molecule has 2 aromatic rings. The average molecular weight is 327 g/mol. The first-order valence-corrected chi connectivity index (χ1v) is 9.13. The van der Waals surface area contributed by atoms with Crippen LogP contribution in [0.25, 0.3) is 11.0 Å². The van der Waals surface area contributed by atoms with Crippen LogP contribution >= 0.6 is 0 Å². The Hall–Kier alpha value is -2.04. The van der Waals surface area contributed by atoms with Gasteiger partial charge in [0.2, 0.25) is 0 Å². The van der Waals surface area contributed by atoms with E-state index in [1.165, 1.54) is 25.7 Å². The zero-order valence-corrected chi connectivity index (χ0v) is 14.9. The van der Waals surface area contributed by atoms with Crippen LogP contribution in [0.5, 0.6) is 0 Å². The summed E-state index contributed by atoms with van der Waals surface area (Å²) in [7, 11) is 1.84. The largest absolute Gasteiger partial charge is 0.356 e. The molecule has 24 heavy (non-hydrogen) atoms. The van der Waals surface area contributed by atoms with Crippen molar-refractivity contribution in [2.24, 2.45) is 10.4 Å². The summed E-state index contributed by atoms with van der Waals surface area (Å²) in [4.78, 5) is 12.3. The maximum absolute atomic E-state index is 4.62. The second kappa shape index (κ2) is 7.69. The Kier molecular flexibility index (Phi) is 5.38. The highest BCUT2D eigenvalue weighted by Crippen LogP contribution is 2.42. The molecule has 0 spiro atoms. The molecule has 0 bridgehead atoms. The molecule has 130 valence electrons. The first kappa shape index (κ1) is 16.8. The van der Waals surface area contributed by atoms with E-state index < -0.39 is 0 Å². The molecule has 1 aromatic carbocycles. The van der Waals surface area contributed by atoms with Crippen molar-refractivity contribution in [2.75, 3.05) is 20.1 Å². The van der Waals surface area contributed by atoms with E-state index in [1.807, 2.05) is 25.2 Å². The van der Waals surface area contributed by atoms with Crippen LogP contribution in [0, 0.1) is 5.41 Å². The first-order chi connectivity index (χ1) is 11.7. The predicted octanol–water partition coefficient (Wildman–Crippen LogP) is 3.24. The fraction of sp³-hybridized carbons (Fsp3) is 0.579. The Bertz CT molecular complexity index is 645. The van der Waals surface area contributed by atoms with Crippen molar-refractivity contribution in [3.63, 3.8) is 0 Å². The Labute approximate surface area is 144 Å². The molecule has 1 aliphatic rings. The highest BCUT2D eigenvalue weighted by atomic mass is 15.2. The van der Waals surface area contributed by atoms with Crippen LogP contribution in [0.1, 0.15) is 44.9 Å². The lowest BCUT2D eigenvalue weighted by Crippen LogP contribution is -2.46. The Morgan fingerprint density at radius 2 is 2.12 bits per heavy atom. The number of nitrogens with one attached hydrogen (secondary N) is 3. The van der Waals surface area contributed by atoms with Crippen LogP contribution in [0.4, 0.5) is 0 Å². The number of aliphatic imine (C=N–C) groups is 1. The van der Waals surface area contributed by atoms with E-state index in [-0.39, 0.29) is 0 Å². The second-order valence-corrected chi connectivity index (χ2v) is 6.86. The van der Waals surface area contributed by atoms with Gasteiger partial charge in [-0.25, -0.2) is 4.98 Å². The number of aryl methyl sites for hydroxylation is 1. The number of H-pyrrole nitrogens is 1. The first-order valence-electron chi connectivity index (χ1n) is 9.13. The van der Waals surface area contributed by atoms with Gasteiger partial charge in [-0.3, -0.25) is 4.99 Å². The van der Waals surface area contributed by atoms with Gasteiger partial charge in [-0.2, -0.15) is 0 Å². The van der Waals surface area contributed by atoms with Crippen molar-refractivity contribution in [1.29, 1.82) is 0 Å². The van der Waals surface area contributed by atoms with Crippen LogP contribution in [-0.4, -0.2) is 36.1 Å². The number of imidazole rings is 1. The SMILES string of the molecule is CCC1(CNC(=NC)NCCCc2nc3ccccc3[nH]2)CCC1. The topological polar surface area (TPSA) is 65.1 Å². The van der Waals surface area contributed by atoms with Crippen molar-refractivity contribution >= 4 is 17.0 Å². The Balaban J connectivity index is 1.40. The lowest BCUT2D eigenvalue weighted by molar-refractivity contribution is 0.131. The third kappa shape index (κ3) is 3.89. The summed E-state index contributed by atoms with van der Waals surface area (Å²) < 4.78 is 0. The van der Waals surface area contributed by atoms with Gasteiger partial charge < -0.3 is 15.6 Å². The number of benzene rings is 1. The van der Waals surface area contributed by atoms with E-state index in [1.54, 1.807) is 0 Å². The maximum Gasteiger partial charge on any atom is 0.190 e. The van der Waals surface area contributed by atoms with Crippen LogP contribution < -0.4 is 10.6 Å². The van der Waals surface area contributed by atoms with Gasteiger partial charge in [0.15, 0.2) is 5.96 Å². The summed E-state index contributed by atoms with van der Waals surface area (Å²) >= 11 is 0. The molecular formula is C19H29N5. The summed E-state index contributed by atoms with van der Waals surface area (Å²) in [5.41, 5.74) is 2.66.